The molecule has 1 N–H and O–H groups in total. The molecule has 0 bridgehead atoms. The van der Waals surface area contributed by atoms with Crippen molar-refractivity contribution in [2.75, 3.05) is 6.54 Å². The zero-order valence-electron chi connectivity index (χ0n) is 13.8. The Labute approximate surface area is 145 Å². The van der Waals surface area contributed by atoms with Crippen LogP contribution in [0.5, 0.6) is 0 Å². The van der Waals surface area contributed by atoms with Crippen molar-refractivity contribution in [2.24, 2.45) is 0 Å². The van der Waals surface area contributed by atoms with Gasteiger partial charge in [0.25, 0.3) is 0 Å². The van der Waals surface area contributed by atoms with Crippen LogP contribution in [0, 0.1) is 17.5 Å². The molecule has 2 aromatic rings. The van der Waals surface area contributed by atoms with Crippen molar-refractivity contribution in [1.82, 2.24) is 5.32 Å². The summed E-state index contributed by atoms with van der Waals surface area (Å²) in [7, 11) is 0. The van der Waals surface area contributed by atoms with Crippen LogP contribution < -0.4 is 5.32 Å². The standard InChI is InChI=1S/C20H20F3NO/c21-16-5-3-4-15(12-16)20(7-1-2-8-20)19(25)24-9-6-14-10-17(22)13-18(23)11-14/h3-5,10-13H,1-2,6-9H2,(H,24,25). The normalized spacial score (nSPS) is 16.0. The lowest BCUT2D eigenvalue weighted by Gasteiger charge is -2.28. The summed E-state index contributed by atoms with van der Waals surface area (Å²) in [6.07, 6.45) is 3.52. The molecule has 3 rings (SSSR count). The Morgan fingerprint density at radius 1 is 0.960 bits per heavy atom. The highest BCUT2D eigenvalue weighted by Gasteiger charge is 2.42. The summed E-state index contributed by atoms with van der Waals surface area (Å²) >= 11 is 0. The van der Waals surface area contributed by atoms with Gasteiger partial charge in [0.1, 0.15) is 17.5 Å². The molecule has 1 aliphatic carbocycles. The molecule has 2 nitrogen and oxygen atoms in total. The topological polar surface area (TPSA) is 29.1 Å². The van der Waals surface area contributed by atoms with Crippen LogP contribution in [0.1, 0.15) is 36.8 Å². The highest BCUT2D eigenvalue weighted by Crippen LogP contribution is 2.41. The molecule has 2 aromatic carbocycles. The summed E-state index contributed by atoms with van der Waals surface area (Å²) in [5.41, 5.74) is 0.471. The van der Waals surface area contributed by atoms with Gasteiger partial charge in [0.15, 0.2) is 0 Å². The number of rotatable bonds is 5. The van der Waals surface area contributed by atoms with Crippen molar-refractivity contribution < 1.29 is 18.0 Å². The summed E-state index contributed by atoms with van der Waals surface area (Å²) in [6.45, 7) is 0.277. The Morgan fingerprint density at radius 3 is 2.28 bits per heavy atom. The summed E-state index contributed by atoms with van der Waals surface area (Å²) in [5, 5.41) is 2.86. The number of hydrogen-bond donors (Lipinski definition) is 1. The average Bonchev–Trinajstić information content (AvgIpc) is 3.05. The van der Waals surface area contributed by atoms with Crippen LogP contribution in [0.15, 0.2) is 42.5 Å². The Balaban J connectivity index is 1.69. The van der Waals surface area contributed by atoms with Gasteiger partial charge in [0, 0.05) is 12.6 Å². The van der Waals surface area contributed by atoms with Crippen LogP contribution >= 0.6 is 0 Å². The second-order valence-electron chi connectivity index (χ2n) is 6.58. The van der Waals surface area contributed by atoms with E-state index < -0.39 is 17.0 Å². The van der Waals surface area contributed by atoms with Gasteiger partial charge in [-0.15, -0.1) is 0 Å². The van der Waals surface area contributed by atoms with Crippen LogP contribution in [0.25, 0.3) is 0 Å². The van der Waals surface area contributed by atoms with Crippen LogP contribution in [-0.4, -0.2) is 12.5 Å². The molecule has 1 aliphatic rings. The Bertz CT molecular complexity index is 749. The average molecular weight is 347 g/mol. The van der Waals surface area contributed by atoms with Crippen LogP contribution in [-0.2, 0) is 16.6 Å². The number of nitrogens with one attached hydrogen (secondary N) is 1. The van der Waals surface area contributed by atoms with Gasteiger partial charge in [-0.25, -0.2) is 13.2 Å². The summed E-state index contributed by atoms with van der Waals surface area (Å²) in [5.74, 6) is -1.76. The number of amides is 1. The first-order valence-corrected chi connectivity index (χ1v) is 8.49. The third kappa shape index (κ3) is 3.86. The minimum atomic E-state index is -0.713. The number of hydrogen-bond acceptors (Lipinski definition) is 1. The molecule has 132 valence electrons. The zero-order chi connectivity index (χ0) is 17.9. The molecule has 25 heavy (non-hydrogen) atoms. The van der Waals surface area contributed by atoms with E-state index in [1.54, 1.807) is 12.1 Å². The molecule has 0 saturated heterocycles. The smallest absolute Gasteiger partial charge is 0.230 e. The van der Waals surface area contributed by atoms with E-state index in [9.17, 15) is 18.0 Å². The molecule has 1 fully saturated rings. The molecule has 0 unspecified atom stereocenters. The SMILES string of the molecule is O=C(NCCc1cc(F)cc(F)c1)C1(c2cccc(F)c2)CCCC1. The third-order valence-corrected chi connectivity index (χ3v) is 4.89. The van der Waals surface area contributed by atoms with Crippen molar-refractivity contribution in [2.45, 2.75) is 37.5 Å². The van der Waals surface area contributed by atoms with Crippen molar-refractivity contribution in [3.63, 3.8) is 0 Å². The van der Waals surface area contributed by atoms with E-state index in [0.29, 0.717) is 30.4 Å². The first-order chi connectivity index (χ1) is 12.0. The van der Waals surface area contributed by atoms with Gasteiger partial charge in [0.05, 0.1) is 5.41 Å². The number of benzene rings is 2. The summed E-state index contributed by atoms with van der Waals surface area (Å²) in [4.78, 5) is 12.8. The van der Waals surface area contributed by atoms with Gasteiger partial charge in [-0.05, 0) is 54.7 Å². The van der Waals surface area contributed by atoms with E-state index in [1.165, 1.54) is 24.3 Å². The first-order valence-electron chi connectivity index (χ1n) is 8.49. The molecular formula is C20H20F3NO. The largest absolute Gasteiger partial charge is 0.355 e. The van der Waals surface area contributed by atoms with Gasteiger partial charge in [-0.3, -0.25) is 4.79 Å². The second-order valence-corrected chi connectivity index (χ2v) is 6.58. The molecule has 0 aromatic heterocycles. The molecule has 5 heteroatoms. The maximum Gasteiger partial charge on any atom is 0.230 e. The maximum atomic E-state index is 13.6. The van der Waals surface area contributed by atoms with Crippen LogP contribution in [0.3, 0.4) is 0 Å². The van der Waals surface area contributed by atoms with Crippen molar-refractivity contribution in [3.8, 4) is 0 Å². The summed E-state index contributed by atoms with van der Waals surface area (Å²) < 4.78 is 40.0. The summed E-state index contributed by atoms with van der Waals surface area (Å²) in [6, 6.07) is 9.53. The molecule has 1 saturated carbocycles. The zero-order valence-corrected chi connectivity index (χ0v) is 13.8. The fraction of sp³-hybridized carbons (Fsp3) is 0.350. The number of carbonyl (C=O) groups is 1. The number of halogens is 3. The van der Waals surface area contributed by atoms with Gasteiger partial charge in [-0.1, -0.05) is 25.0 Å². The molecular weight excluding hydrogens is 327 g/mol. The Morgan fingerprint density at radius 2 is 1.64 bits per heavy atom. The van der Waals surface area contributed by atoms with Crippen molar-refractivity contribution in [3.05, 3.63) is 71.0 Å². The first kappa shape index (κ1) is 17.5. The molecule has 0 heterocycles. The molecule has 0 spiro atoms. The highest BCUT2D eigenvalue weighted by molar-refractivity contribution is 5.88. The Hall–Kier alpha value is -2.30. The Kier molecular flexibility index (Phi) is 5.11. The van der Waals surface area contributed by atoms with Crippen molar-refractivity contribution >= 4 is 5.91 Å². The van der Waals surface area contributed by atoms with Gasteiger partial charge < -0.3 is 5.32 Å². The second kappa shape index (κ2) is 7.30. The third-order valence-electron chi connectivity index (χ3n) is 4.89. The monoisotopic (exact) mass is 347 g/mol. The van der Waals surface area contributed by atoms with E-state index in [2.05, 4.69) is 5.32 Å². The van der Waals surface area contributed by atoms with Crippen LogP contribution in [0.4, 0.5) is 13.2 Å². The number of carbonyl (C=O) groups excluding carboxylic acids is 1. The molecule has 0 atom stereocenters. The van der Waals surface area contributed by atoms with Gasteiger partial charge in [-0.2, -0.15) is 0 Å². The lowest BCUT2D eigenvalue weighted by atomic mass is 9.78. The van der Waals surface area contributed by atoms with Crippen LogP contribution in [0.2, 0.25) is 0 Å². The fourth-order valence-electron chi connectivity index (χ4n) is 3.66. The minimum absolute atomic E-state index is 0.146. The quantitative estimate of drug-likeness (QED) is 0.860. The predicted molar refractivity (Wildman–Crippen MR) is 89.6 cm³/mol. The van der Waals surface area contributed by atoms with E-state index >= 15 is 0 Å². The maximum absolute atomic E-state index is 13.6. The molecule has 0 radical (unpaired) electrons. The van der Waals surface area contributed by atoms with E-state index in [0.717, 1.165) is 18.9 Å². The highest BCUT2D eigenvalue weighted by atomic mass is 19.1. The fourth-order valence-corrected chi connectivity index (χ4v) is 3.66. The minimum Gasteiger partial charge on any atom is -0.355 e. The molecule has 0 aliphatic heterocycles. The van der Waals surface area contributed by atoms with Gasteiger partial charge in [0.2, 0.25) is 5.91 Å². The lowest BCUT2D eigenvalue weighted by Crippen LogP contribution is -2.43. The van der Waals surface area contributed by atoms with E-state index in [4.69, 9.17) is 0 Å². The lowest BCUT2D eigenvalue weighted by molar-refractivity contribution is -0.126. The van der Waals surface area contributed by atoms with E-state index in [1.807, 2.05) is 0 Å². The van der Waals surface area contributed by atoms with Crippen molar-refractivity contribution in [1.29, 1.82) is 0 Å². The van der Waals surface area contributed by atoms with E-state index in [-0.39, 0.29) is 18.3 Å². The predicted octanol–water partition coefficient (Wildman–Crippen LogP) is 4.27. The van der Waals surface area contributed by atoms with Gasteiger partial charge >= 0.3 is 0 Å². The molecule has 1 amide bonds.